The van der Waals surface area contributed by atoms with E-state index in [4.69, 9.17) is 9.47 Å². The molecule has 1 aromatic carbocycles. The van der Waals surface area contributed by atoms with E-state index < -0.39 is 47.6 Å². The molecule has 3 rings (SSSR count). The highest BCUT2D eigenvalue weighted by atomic mass is 16.6. The third-order valence-corrected chi connectivity index (χ3v) is 8.13. The number of ketones is 1. The van der Waals surface area contributed by atoms with E-state index in [-0.39, 0.29) is 24.1 Å². The number of esters is 1. The summed E-state index contributed by atoms with van der Waals surface area (Å²) in [6, 6.07) is 6.19. The van der Waals surface area contributed by atoms with Gasteiger partial charge in [-0.2, -0.15) is 0 Å². The first kappa shape index (κ1) is 30.1. The van der Waals surface area contributed by atoms with Gasteiger partial charge in [-0.15, -0.1) is 0 Å². The van der Waals surface area contributed by atoms with E-state index in [1.807, 2.05) is 33.8 Å². The molecule has 0 aliphatic carbocycles. The van der Waals surface area contributed by atoms with Crippen molar-refractivity contribution in [3.05, 3.63) is 29.8 Å². The lowest BCUT2D eigenvalue weighted by Gasteiger charge is -2.40. The van der Waals surface area contributed by atoms with Crippen LogP contribution in [0.1, 0.15) is 85.1 Å². The number of phenols is 1. The van der Waals surface area contributed by atoms with E-state index in [0.29, 0.717) is 38.5 Å². The van der Waals surface area contributed by atoms with Crippen LogP contribution in [0, 0.1) is 17.8 Å². The van der Waals surface area contributed by atoms with Crippen molar-refractivity contribution in [2.24, 2.45) is 17.8 Å². The van der Waals surface area contributed by atoms with Crippen LogP contribution in [0.15, 0.2) is 24.3 Å². The van der Waals surface area contributed by atoms with Gasteiger partial charge < -0.3 is 24.6 Å². The summed E-state index contributed by atoms with van der Waals surface area (Å²) >= 11 is 0. The number of piperidine rings is 1. The number of carbonyl (C=O) groups excluding carboxylic acids is 3. The number of aromatic hydroxyl groups is 1. The number of aliphatic hydroxyl groups is 1. The van der Waals surface area contributed by atoms with Crippen LogP contribution in [0.5, 0.6) is 5.75 Å². The quantitative estimate of drug-likeness (QED) is 0.359. The van der Waals surface area contributed by atoms with Crippen LogP contribution in [0.2, 0.25) is 0 Å². The Morgan fingerprint density at radius 1 is 1.18 bits per heavy atom. The number of phenolic OH excluding ortho intramolecular Hbond substituents is 1. The number of carbonyl (C=O) groups is 3. The molecule has 38 heavy (non-hydrogen) atoms. The topological polar surface area (TPSA) is 113 Å². The van der Waals surface area contributed by atoms with E-state index in [1.54, 1.807) is 25.1 Å². The van der Waals surface area contributed by atoms with Crippen molar-refractivity contribution in [2.75, 3.05) is 6.54 Å². The largest absolute Gasteiger partial charge is 0.508 e. The number of rotatable bonds is 9. The second kappa shape index (κ2) is 13.1. The average Bonchev–Trinajstić information content (AvgIpc) is 3.01. The highest BCUT2D eigenvalue weighted by Crippen LogP contribution is 2.33. The molecule has 212 valence electrons. The maximum absolute atomic E-state index is 13.7. The predicted octanol–water partition coefficient (Wildman–Crippen LogP) is 4.39. The van der Waals surface area contributed by atoms with E-state index in [2.05, 4.69) is 0 Å². The van der Waals surface area contributed by atoms with Crippen molar-refractivity contribution in [1.29, 1.82) is 0 Å². The number of benzene rings is 1. The highest BCUT2D eigenvalue weighted by molar-refractivity contribution is 6.09. The van der Waals surface area contributed by atoms with Crippen LogP contribution in [0.3, 0.4) is 0 Å². The Labute approximate surface area is 226 Å². The van der Waals surface area contributed by atoms with Gasteiger partial charge in [-0.25, -0.2) is 4.79 Å². The minimum atomic E-state index is -2.59. The van der Waals surface area contributed by atoms with Gasteiger partial charge in [-0.1, -0.05) is 46.8 Å². The average molecular weight is 532 g/mol. The molecule has 8 nitrogen and oxygen atoms in total. The standard InChI is InChI=1S/C30H45NO7/c1-6-22(17-21-11-10-12-23(32)18-21)26(19(3)4)37-28(34)25-13-8-9-16-31(25)29(35)30(36)27(33)20(5)14-15-24(7-2)38-30/h10-12,18-20,22,24-26,32,36H,6-9,13-17H2,1-5H3. The summed E-state index contributed by atoms with van der Waals surface area (Å²) in [5, 5.41) is 21.2. The number of amides is 1. The zero-order valence-corrected chi connectivity index (χ0v) is 23.5. The summed E-state index contributed by atoms with van der Waals surface area (Å²) in [5.74, 6) is -4.91. The van der Waals surface area contributed by atoms with Gasteiger partial charge in [0.05, 0.1) is 6.10 Å². The molecule has 2 heterocycles. The lowest BCUT2D eigenvalue weighted by atomic mass is 9.85. The third-order valence-electron chi connectivity index (χ3n) is 8.13. The van der Waals surface area contributed by atoms with Crippen molar-refractivity contribution in [3.63, 3.8) is 0 Å². The molecular formula is C30H45NO7. The summed E-state index contributed by atoms with van der Waals surface area (Å²) in [6.45, 7) is 9.89. The van der Waals surface area contributed by atoms with Crippen molar-refractivity contribution < 1.29 is 34.1 Å². The first-order chi connectivity index (χ1) is 18.0. The number of Topliss-reactive ketones (excluding diaryl/α,β-unsaturated/α-hetero) is 1. The molecule has 1 aromatic rings. The first-order valence-corrected chi connectivity index (χ1v) is 14.3. The second-order valence-corrected chi connectivity index (χ2v) is 11.3. The number of hydrogen-bond acceptors (Lipinski definition) is 7. The molecule has 6 unspecified atom stereocenters. The summed E-state index contributed by atoms with van der Waals surface area (Å²) in [4.78, 5) is 41.8. The molecule has 0 aromatic heterocycles. The van der Waals surface area contributed by atoms with E-state index in [9.17, 15) is 24.6 Å². The monoisotopic (exact) mass is 531 g/mol. The molecule has 8 heteroatoms. The van der Waals surface area contributed by atoms with Crippen molar-refractivity contribution in [2.45, 2.75) is 110 Å². The van der Waals surface area contributed by atoms with Crippen LogP contribution in [0.25, 0.3) is 0 Å². The molecule has 6 atom stereocenters. The Kier molecular flexibility index (Phi) is 10.4. The number of hydrogen-bond donors (Lipinski definition) is 2. The molecular weight excluding hydrogens is 486 g/mol. The Hall–Kier alpha value is -2.45. The van der Waals surface area contributed by atoms with Gasteiger partial charge in [0.25, 0.3) is 5.91 Å². The van der Waals surface area contributed by atoms with Crippen molar-refractivity contribution in [3.8, 4) is 5.75 Å². The van der Waals surface area contributed by atoms with Crippen molar-refractivity contribution in [1.82, 2.24) is 4.90 Å². The molecule has 2 fully saturated rings. The third kappa shape index (κ3) is 6.75. The normalized spacial score (nSPS) is 28.0. The minimum Gasteiger partial charge on any atom is -0.508 e. The van der Waals surface area contributed by atoms with Gasteiger partial charge in [-0.05, 0) is 80.9 Å². The van der Waals surface area contributed by atoms with E-state index in [1.165, 1.54) is 4.90 Å². The summed E-state index contributed by atoms with van der Waals surface area (Å²) in [6.07, 6.45) is 4.05. The predicted molar refractivity (Wildman–Crippen MR) is 143 cm³/mol. The van der Waals surface area contributed by atoms with Crippen LogP contribution in [-0.2, 0) is 30.3 Å². The number of nitrogens with zero attached hydrogens (tertiary/aromatic N) is 1. The minimum absolute atomic E-state index is 0.00982. The lowest BCUT2D eigenvalue weighted by molar-refractivity contribution is -0.229. The molecule has 0 spiro atoms. The summed E-state index contributed by atoms with van der Waals surface area (Å²) in [7, 11) is 0. The first-order valence-electron chi connectivity index (χ1n) is 14.3. The highest BCUT2D eigenvalue weighted by Gasteiger charge is 2.54. The van der Waals surface area contributed by atoms with Gasteiger partial charge >= 0.3 is 11.8 Å². The smallest absolute Gasteiger partial charge is 0.329 e. The van der Waals surface area contributed by atoms with Gasteiger partial charge in [0, 0.05) is 12.5 Å². The summed E-state index contributed by atoms with van der Waals surface area (Å²) < 4.78 is 11.9. The van der Waals surface area contributed by atoms with Crippen molar-refractivity contribution >= 4 is 17.7 Å². The molecule has 2 aliphatic heterocycles. The van der Waals surface area contributed by atoms with Crippen LogP contribution in [0.4, 0.5) is 0 Å². The maximum atomic E-state index is 13.7. The zero-order chi connectivity index (χ0) is 28.0. The van der Waals surface area contributed by atoms with E-state index in [0.717, 1.165) is 18.4 Å². The SMILES string of the molecule is CCC1CCC(C)C(=O)C(O)(C(=O)N2CCCCC2C(=O)OC(C(C)C)C(CC)Cc2cccc(O)c2)O1. The Morgan fingerprint density at radius 2 is 1.92 bits per heavy atom. The molecule has 2 aliphatic rings. The molecule has 1 amide bonds. The zero-order valence-electron chi connectivity index (χ0n) is 23.5. The van der Waals surface area contributed by atoms with Gasteiger partial charge in [-0.3, -0.25) is 9.59 Å². The molecule has 2 N–H and O–H groups in total. The van der Waals surface area contributed by atoms with E-state index >= 15 is 0 Å². The van der Waals surface area contributed by atoms with Crippen LogP contribution < -0.4 is 0 Å². The fourth-order valence-electron chi connectivity index (χ4n) is 5.79. The van der Waals surface area contributed by atoms with Crippen LogP contribution >= 0.6 is 0 Å². The molecule has 2 saturated heterocycles. The Morgan fingerprint density at radius 3 is 2.55 bits per heavy atom. The lowest BCUT2D eigenvalue weighted by Crippen LogP contribution is -2.62. The number of likely N-dealkylation sites (tertiary alicyclic amines) is 1. The Bertz CT molecular complexity index is 979. The summed E-state index contributed by atoms with van der Waals surface area (Å²) in [5.41, 5.74) is 0.957. The van der Waals surface area contributed by atoms with Crippen LogP contribution in [-0.4, -0.2) is 63.4 Å². The number of ether oxygens (including phenoxy) is 2. The fraction of sp³-hybridized carbons (Fsp3) is 0.700. The molecule has 0 radical (unpaired) electrons. The fourth-order valence-corrected chi connectivity index (χ4v) is 5.79. The Balaban J connectivity index is 1.82. The maximum Gasteiger partial charge on any atom is 0.329 e. The van der Waals surface area contributed by atoms with Gasteiger partial charge in [0.1, 0.15) is 17.9 Å². The van der Waals surface area contributed by atoms with Gasteiger partial charge in [0.15, 0.2) is 0 Å². The van der Waals surface area contributed by atoms with Gasteiger partial charge in [0.2, 0.25) is 5.78 Å². The molecule has 0 bridgehead atoms. The molecule has 0 saturated carbocycles. The second-order valence-electron chi connectivity index (χ2n) is 11.3.